The minimum absolute atomic E-state index is 0.217. The van der Waals surface area contributed by atoms with Crippen LogP contribution in [0.15, 0.2) is 0 Å². The van der Waals surface area contributed by atoms with Gasteiger partial charge in [0.15, 0.2) is 0 Å². The minimum atomic E-state index is 0.217. The van der Waals surface area contributed by atoms with Crippen molar-refractivity contribution in [3.63, 3.8) is 0 Å². The Morgan fingerprint density at radius 3 is 1.88 bits per heavy atom. The maximum absolute atomic E-state index is 3.77. The van der Waals surface area contributed by atoms with E-state index in [2.05, 4.69) is 46.9 Å². The van der Waals surface area contributed by atoms with E-state index < -0.39 is 0 Å². The zero-order chi connectivity index (χ0) is 12.4. The molecule has 0 radical (unpaired) electrons. The van der Waals surface area contributed by atoms with Gasteiger partial charge in [-0.05, 0) is 59.3 Å². The number of hydrogen-bond donors (Lipinski definition) is 1. The fourth-order valence-corrected chi connectivity index (χ4v) is 3.71. The van der Waals surface area contributed by atoms with E-state index in [-0.39, 0.29) is 11.1 Å². The van der Waals surface area contributed by atoms with Crippen molar-refractivity contribution in [1.29, 1.82) is 0 Å². The molecule has 1 fully saturated rings. The molecule has 16 heavy (non-hydrogen) atoms. The molecule has 0 atom stereocenters. The van der Waals surface area contributed by atoms with Crippen LogP contribution in [0.1, 0.15) is 80.1 Å². The highest BCUT2D eigenvalue weighted by Gasteiger charge is 2.35. The second-order valence-electron chi connectivity index (χ2n) is 7.81. The van der Waals surface area contributed by atoms with Gasteiger partial charge in [-0.1, -0.05) is 26.2 Å². The van der Waals surface area contributed by atoms with Crippen molar-refractivity contribution in [2.45, 2.75) is 91.1 Å². The molecule has 0 heterocycles. The molecule has 1 aliphatic carbocycles. The summed E-state index contributed by atoms with van der Waals surface area (Å²) in [5.41, 5.74) is 1.04. The number of hydrogen-bond acceptors (Lipinski definition) is 1. The molecule has 1 saturated carbocycles. The van der Waals surface area contributed by atoms with Crippen molar-refractivity contribution in [3.8, 4) is 0 Å². The molecular weight excluding hydrogens is 194 g/mol. The van der Waals surface area contributed by atoms with Gasteiger partial charge in [0.2, 0.25) is 0 Å². The van der Waals surface area contributed by atoms with Crippen molar-refractivity contribution >= 4 is 0 Å². The van der Waals surface area contributed by atoms with Gasteiger partial charge in [0.05, 0.1) is 0 Å². The lowest BCUT2D eigenvalue weighted by Gasteiger charge is -2.43. The summed E-state index contributed by atoms with van der Waals surface area (Å²) in [5, 5.41) is 3.77. The highest BCUT2D eigenvalue weighted by molar-refractivity contribution is 4.92. The maximum Gasteiger partial charge on any atom is 0.0135 e. The molecule has 1 heteroatoms. The van der Waals surface area contributed by atoms with Crippen LogP contribution in [0, 0.1) is 5.41 Å². The van der Waals surface area contributed by atoms with Crippen molar-refractivity contribution in [2.24, 2.45) is 5.41 Å². The number of rotatable bonds is 3. The number of nitrogens with one attached hydrogen (secondary N) is 1. The predicted octanol–water partition coefficient (Wildman–Crippen LogP) is 4.51. The van der Waals surface area contributed by atoms with E-state index in [0.717, 1.165) is 0 Å². The third kappa shape index (κ3) is 4.86. The van der Waals surface area contributed by atoms with Crippen LogP contribution in [0.3, 0.4) is 0 Å². The van der Waals surface area contributed by atoms with Crippen LogP contribution >= 0.6 is 0 Å². The Morgan fingerprint density at radius 1 is 0.938 bits per heavy atom. The van der Waals surface area contributed by atoms with Crippen molar-refractivity contribution in [2.75, 3.05) is 0 Å². The molecule has 1 N–H and O–H groups in total. The monoisotopic (exact) mass is 225 g/mol. The van der Waals surface area contributed by atoms with Crippen molar-refractivity contribution in [3.05, 3.63) is 0 Å². The highest BCUT2D eigenvalue weighted by atomic mass is 15.0. The van der Waals surface area contributed by atoms with Gasteiger partial charge in [-0.2, -0.15) is 0 Å². The Morgan fingerprint density at radius 2 is 1.44 bits per heavy atom. The maximum atomic E-state index is 3.77. The van der Waals surface area contributed by atoms with E-state index in [1.165, 1.54) is 38.5 Å². The Balaban J connectivity index is 2.56. The van der Waals surface area contributed by atoms with Crippen LogP contribution in [0.5, 0.6) is 0 Å². The van der Waals surface area contributed by atoms with Crippen molar-refractivity contribution < 1.29 is 0 Å². The topological polar surface area (TPSA) is 12.0 Å². The fourth-order valence-electron chi connectivity index (χ4n) is 3.71. The molecule has 0 bridgehead atoms. The summed E-state index contributed by atoms with van der Waals surface area (Å²) in [7, 11) is 0. The summed E-state index contributed by atoms with van der Waals surface area (Å²) < 4.78 is 0. The first-order valence-corrected chi connectivity index (χ1v) is 6.91. The third-order valence-electron chi connectivity index (χ3n) is 3.64. The lowest BCUT2D eigenvalue weighted by atomic mass is 9.69. The molecule has 1 nitrogen and oxygen atoms in total. The molecule has 0 saturated heterocycles. The lowest BCUT2D eigenvalue weighted by molar-refractivity contribution is 0.128. The summed E-state index contributed by atoms with van der Waals surface area (Å²) in [4.78, 5) is 0. The van der Waals surface area contributed by atoms with Gasteiger partial charge in [-0.3, -0.25) is 0 Å². The van der Waals surface area contributed by atoms with Crippen LogP contribution in [-0.4, -0.2) is 11.1 Å². The molecule has 0 aromatic rings. The quantitative estimate of drug-likeness (QED) is 0.745. The second kappa shape index (κ2) is 4.68. The van der Waals surface area contributed by atoms with Crippen LogP contribution in [0.2, 0.25) is 0 Å². The largest absolute Gasteiger partial charge is 0.307 e. The Kier molecular flexibility index (Phi) is 4.10. The van der Waals surface area contributed by atoms with Crippen LogP contribution in [-0.2, 0) is 0 Å². The average molecular weight is 225 g/mol. The average Bonchev–Trinajstić information content (AvgIpc) is 1.97. The van der Waals surface area contributed by atoms with E-state index in [1.807, 2.05) is 0 Å². The molecule has 96 valence electrons. The highest BCUT2D eigenvalue weighted by Crippen LogP contribution is 2.42. The van der Waals surface area contributed by atoms with E-state index in [9.17, 15) is 0 Å². The van der Waals surface area contributed by atoms with Gasteiger partial charge < -0.3 is 5.32 Å². The molecule has 0 aliphatic heterocycles. The van der Waals surface area contributed by atoms with Crippen molar-refractivity contribution in [1.82, 2.24) is 5.32 Å². The molecule has 1 aliphatic rings. The zero-order valence-corrected chi connectivity index (χ0v) is 12.2. The zero-order valence-electron chi connectivity index (χ0n) is 12.2. The van der Waals surface area contributed by atoms with Crippen LogP contribution < -0.4 is 5.32 Å². The first kappa shape index (κ1) is 14.0. The summed E-state index contributed by atoms with van der Waals surface area (Å²) in [6.07, 6.45) is 8.45. The van der Waals surface area contributed by atoms with E-state index in [4.69, 9.17) is 0 Å². The fraction of sp³-hybridized carbons (Fsp3) is 1.00. The van der Waals surface area contributed by atoms with Gasteiger partial charge in [-0.15, -0.1) is 0 Å². The predicted molar refractivity (Wildman–Crippen MR) is 72.8 cm³/mol. The molecule has 0 aromatic carbocycles. The Bertz CT molecular complexity index is 216. The van der Waals surface area contributed by atoms with Gasteiger partial charge in [-0.25, -0.2) is 0 Å². The van der Waals surface area contributed by atoms with E-state index in [1.54, 1.807) is 0 Å². The first-order valence-electron chi connectivity index (χ1n) is 6.91. The molecule has 0 aromatic heterocycles. The minimum Gasteiger partial charge on any atom is -0.307 e. The summed E-state index contributed by atoms with van der Waals surface area (Å²) >= 11 is 0. The lowest BCUT2D eigenvalue weighted by Crippen LogP contribution is -2.52. The van der Waals surface area contributed by atoms with Gasteiger partial charge in [0.25, 0.3) is 0 Å². The summed E-state index contributed by atoms with van der Waals surface area (Å²) in [6.45, 7) is 14.0. The first-order chi connectivity index (χ1) is 7.12. The summed E-state index contributed by atoms with van der Waals surface area (Å²) in [6, 6.07) is 0. The van der Waals surface area contributed by atoms with E-state index >= 15 is 0 Å². The van der Waals surface area contributed by atoms with Crippen LogP contribution in [0.4, 0.5) is 0 Å². The van der Waals surface area contributed by atoms with Gasteiger partial charge >= 0.3 is 0 Å². The smallest absolute Gasteiger partial charge is 0.0135 e. The molecular formula is C15H31N. The Labute approximate surface area is 102 Å². The van der Waals surface area contributed by atoms with Gasteiger partial charge in [0, 0.05) is 11.1 Å². The molecule has 0 spiro atoms. The summed E-state index contributed by atoms with van der Waals surface area (Å²) in [5.74, 6) is 0. The molecule has 1 rings (SSSR count). The second-order valence-corrected chi connectivity index (χ2v) is 7.81. The molecule has 0 amide bonds. The third-order valence-corrected chi connectivity index (χ3v) is 3.64. The van der Waals surface area contributed by atoms with Gasteiger partial charge in [0.1, 0.15) is 0 Å². The van der Waals surface area contributed by atoms with Crippen LogP contribution in [0.25, 0.3) is 0 Å². The van der Waals surface area contributed by atoms with E-state index in [0.29, 0.717) is 5.41 Å². The molecule has 0 unspecified atom stereocenters. The SMILES string of the molecule is CC1(CC(C)(C)NC(C)(C)C)CCCCC1. The normalized spacial score (nSPS) is 22.1. The standard InChI is InChI=1S/C15H31N/c1-13(2,3)16-14(4,5)12-15(6)10-8-7-9-11-15/h16H,7-12H2,1-6H3. The Hall–Kier alpha value is -0.0400.